The number of hydrogen-bond acceptors (Lipinski definition) is 3. The van der Waals surface area contributed by atoms with Gasteiger partial charge in [-0.05, 0) is 44.5 Å². The molecule has 1 fully saturated rings. The van der Waals surface area contributed by atoms with E-state index in [1.165, 1.54) is 6.07 Å². The van der Waals surface area contributed by atoms with Gasteiger partial charge in [0.25, 0.3) is 0 Å². The summed E-state index contributed by atoms with van der Waals surface area (Å²) in [5.74, 6) is 1.16. The first-order valence-electron chi connectivity index (χ1n) is 6.43. The first-order valence-corrected chi connectivity index (χ1v) is 6.43. The van der Waals surface area contributed by atoms with E-state index >= 15 is 0 Å². The lowest BCUT2D eigenvalue weighted by atomic mass is 9.98. The Morgan fingerprint density at radius 1 is 1.42 bits per heavy atom. The van der Waals surface area contributed by atoms with Crippen molar-refractivity contribution in [1.29, 1.82) is 0 Å². The number of alkyl halides is 3. The normalized spacial score (nSPS) is 20.6. The Kier molecular flexibility index (Phi) is 4.29. The number of nitrogens with one attached hydrogen (secondary N) is 1. The zero-order valence-corrected chi connectivity index (χ0v) is 10.9. The molecule has 1 aliphatic heterocycles. The smallest absolute Gasteiger partial charge is 0.356 e. The van der Waals surface area contributed by atoms with Gasteiger partial charge >= 0.3 is 6.18 Å². The fourth-order valence-corrected chi connectivity index (χ4v) is 2.47. The van der Waals surface area contributed by atoms with Crippen LogP contribution in [0.15, 0.2) is 18.3 Å². The summed E-state index contributed by atoms with van der Waals surface area (Å²) in [6, 6.07) is 2.56. The van der Waals surface area contributed by atoms with E-state index < -0.39 is 11.7 Å². The van der Waals surface area contributed by atoms with E-state index in [4.69, 9.17) is 0 Å². The quantitative estimate of drug-likeness (QED) is 0.917. The highest BCUT2D eigenvalue weighted by molar-refractivity contribution is 5.40. The number of hydrogen-bond donors (Lipinski definition) is 1. The number of halogens is 3. The summed E-state index contributed by atoms with van der Waals surface area (Å²) in [5, 5.41) is 3.14. The second-order valence-corrected chi connectivity index (χ2v) is 4.91. The molecule has 0 bridgehead atoms. The minimum Gasteiger partial charge on any atom is -0.356 e. The predicted molar refractivity (Wildman–Crippen MR) is 68.1 cm³/mol. The van der Waals surface area contributed by atoms with Crippen molar-refractivity contribution < 1.29 is 13.2 Å². The standard InChI is InChI=1S/C13H18F3N3/c1-17-7-10-3-2-6-19(9-10)12-5-4-11(8-18-12)13(14,15)16/h4-5,8,10,17H,2-3,6-7,9H2,1H3. The number of aromatic nitrogens is 1. The largest absolute Gasteiger partial charge is 0.417 e. The van der Waals surface area contributed by atoms with E-state index in [2.05, 4.69) is 15.2 Å². The van der Waals surface area contributed by atoms with Gasteiger partial charge in [-0.2, -0.15) is 13.2 Å². The molecule has 1 N–H and O–H groups in total. The van der Waals surface area contributed by atoms with Gasteiger partial charge in [-0.3, -0.25) is 0 Å². The van der Waals surface area contributed by atoms with Crippen molar-refractivity contribution in [3.63, 3.8) is 0 Å². The van der Waals surface area contributed by atoms with Crippen molar-refractivity contribution in [2.75, 3.05) is 31.6 Å². The lowest BCUT2D eigenvalue weighted by Gasteiger charge is -2.33. The van der Waals surface area contributed by atoms with Gasteiger partial charge in [0.15, 0.2) is 0 Å². The maximum Gasteiger partial charge on any atom is 0.417 e. The molecule has 0 aliphatic carbocycles. The average molecular weight is 273 g/mol. The van der Waals surface area contributed by atoms with Gasteiger partial charge in [-0.25, -0.2) is 4.98 Å². The van der Waals surface area contributed by atoms with Gasteiger partial charge in [0.05, 0.1) is 5.56 Å². The van der Waals surface area contributed by atoms with E-state index in [1.54, 1.807) is 0 Å². The molecule has 0 aromatic carbocycles. The van der Waals surface area contributed by atoms with Gasteiger partial charge in [0.2, 0.25) is 0 Å². The average Bonchev–Trinajstić information content (AvgIpc) is 2.39. The summed E-state index contributed by atoms with van der Waals surface area (Å²) in [4.78, 5) is 6.01. The molecule has 1 saturated heterocycles. The first-order chi connectivity index (χ1) is 9.00. The molecule has 1 aromatic heterocycles. The molecule has 6 heteroatoms. The molecule has 0 amide bonds. The highest BCUT2D eigenvalue weighted by atomic mass is 19.4. The molecule has 106 valence electrons. The third-order valence-electron chi connectivity index (χ3n) is 3.41. The summed E-state index contributed by atoms with van der Waals surface area (Å²) in [7, 11) is 1.91. The molecule has 1 aromatic rings. The molecule has 2 rings (SSSR count). The van der Waals surface area contributed by atoms with Gasteiger partial charge in [-0.1, -0.05) is 0 Å². The lowest BCUT2D eigenvalue weighted by molar-refractivity contribution is -0.137. The van der Waals surface area contributed by atoms with E-state index in [0.29, 0.717) is 11.7 Å². The summed E-state index contributed by atoms with van der Waals surface area (Å²) >= 11 is 0. The zero-order chi connectivity index (χ0) is 13.9. The molecule has 2 heterocycles. The SMILES string of the molecule is CNCC1CCCN(c2ccc(C(F)(F)F)cn2)C1. The molecular formula is C13H18F3N3. The van der Waals surface area contributed by atoms with Crippen LogP contribution in [0.25, 0.3) is 0 Å². The van der Waals surface area contributed by atoms with Crippen LogP contribution in [0, 0.1) is 5.92 Å². The topological polar surface area (TPSA) is 28.2 Å². The van der Waals surface area contributed by atoms with Crippen molar-refractivity contribution >= 4 is 5.82 Å². The molecule has 1 atom stereocenters. The van der Waals surface area contributed by atoms with Crippen LogP contribution in [0.1, 0.15) is 18.4 Å². The summed E-state index contributed by atoms with van der Waals surface area (Å²) in [6.45, 7) is 2.63. The van der Waals surface area contributed by atoms with Crippen LogP contribution in [0.5, 0.6) is 0 Å². The Bertz CT molecular complexity index is 401. The first kappa shape index (κ1) is 14.1. The molecule has 1 unspecified atom stereocenters. The van der Waals surface area contributed by atoms with Crippen LogP contribution in [0.4, 0.5) is 19.0 Å². The molecule has 19 heavy (non-hydrogen) atoms. The van der Waals surface area contributed by atoms with Crippen LogP contribution < -0.4 is 10.2 Å². The fraction of sp³-hybridized carbons (Fsp3) is 0.615. The fourth-order valence-electron chi connectivity index (χ4n) is 2.47. The van der Waals surface area contributed by atoms with E-state index in [1.807, 2.05) is 7.05 Å². The van der Waals surface area contributed by atoms with Gasteiger partial charge in [-0.15, -0.1) is 0 Å². The molecule has 0 radical (unpaired) electrons. The third kappa shape index (κ3) is 3.59. The second-order valence-electron chi connectivity index (χ2n) is 4.91. The minimum atomic E-state index is -4.32. The Hall–Kier alpha value is -1.30. The van der Waals surface area contributed by atoms with Crippen molar-refractivity contribution in [3.05, 3.63) is 23.9 Å². The van der Waals surface area contributed by atoms with Crippen LogP contribution in [-0.2, 0) is 6.18 Å². The monoisotopic (exact) mass is 273 g/mol. The number of rotatable bonds is 3. The van der Waals surface area contributed by atoms with Crippen molar-refractivity contribution in [2.24, 2.45) is 5.92 Å². The Morgan fingerprint density at radius 2 is 2.21 bits per heavy atom. The predicted octanol–water partition coefficient (Wildman–Crippen LogP) is 2.54. The van der Waals surface area contributed by atoms with Gasteiger partial charge in [0.1, 0.15) is 5.82 Å². The Labute approximate surface area is 110 Å². The molecule has 0 spiro atoms. The molecule has 0 saturated carbocycles. The van der Waals surface area contributed by atoms with Crippen molar-refractivity contribution in [1.82, 2.24) is 10.3 Å². The Morgan fingerprint density at radius 3 is 2.79 bits per heavy atom. The summed E-state index contributed by atoms with van der Waals surface area (Å²) < 4.78 is 37.4. The van der Waals surface area contributed by atoms with E-state index in [-0.39, 0.29) is 0 Å². The van der Waals surface area contributed by atoms with Gasteiger partial charge < -0.3 is 10.2 Å². The van der Waals surface area contributed by atoms with Crippen LogP contribution >= 0.6 is 0 Å². The Balaban J connectivity index is 2.05. The van der Waals surface area contributed by atoms with E-state index in [9.17, 15) is 13.2 Å². The lowest BCUT2D eigenvalue weighted by Crippen LogP contribution is -2.39. The number of anilines is 1. The van der Waals surface area contributed by atoms with E-state index in [0.717, 1.165) is 44.7 Å². The summed E-state index contributed by atoms with van der Waals surface area (Å²) in [5.41, 5.74) is -0.694. The maximum absolute atomic E-state index is 12.5. The third-order valence-corrected chi connectivity index (χ3v) is 3.41. The number of nitrogens with zero attached hydrogens (tertiary/aromatic N) is 2. The highest BCUT2D eigenvalue weighted by Crippen LogP contribution is 2.30. The van der Waals surface area contributed by atoms with Crippen LogP contribution in [-0.4, -0.2) is 31.7 Å². The van der Waals surface area contributed by atoms with Crippen molar-refractivity contribution in [2.45, 2.75) is 19.0 Å². The molecule has 3 nitrogen and oxygen atoms in total. The molecular weight excluding hydrogens is 255 g/mol. The maximum atomic E-state index is 12.5. The summed E-state index contributed by atoms with van der Waals surface area (Å²) in [6.07, 6.45) is -1.20. The number of pyridine rings is 1. The van der Waals surface area contributed by atoms with Crippen LogP contribution in [0.2, 0.25) is 0 Å². The van der Waals surface area contributed by atoms with Crippen LogP contribution in [0.3, 0.4) is 0 Å². The highest BCUT2D eigenvalue weighted by Gasteiger charge is 2.31. The minimum absolute atomic E-state index is 0.530. The second kappa shape index (κ2) is 5.77. The number of piperidine rings is 1. The zero-order valence-electron chi connectivity index (χ0n) is 10.9. The van der Waals surface area contributed by atoms with Gasteiger partial charge in [0, 0.05) is 19.3 Å². The van der Waals surface area contributed by atoms with Crippen molar-refractivity contribution in [3.8, 4) is 0 Å². The molecule has 1 aliphatic rings.